The van der Waals surface area contributed by atoms with Crippen LogP contribution in [0.15, 0.2) is 59.1 Å². The molecule has 2 rings (SSSR count). The predicted molar refractivity (Wildman–Crippen MR) is 78.4 cm³/mol. The summed E-state index contributed by atoms with van der Waals surface area (Å²) in [5.74, 6) is -1.52. The van der Waals surface area contributed by atoms with Gasteiger partial charge in [-0.2, -0.15) is 0 Å². The van der Waals surface area contributed by atoms with E-state index in [1.807, 2.05) is 0 Å². The van der Waals surface area contributed by atoms with E-state index >= 15 is 0 Å². The van der Waals surface area contributed by atoms with Gasteiger partial charge in [0.15, 0.2) is 6.04 Å². The maximum atomic E-state index is 12.1. The molecule has 4 nitrogen and oxygen atoms in total. The third-order valence-electron chi connectivity index (χ3n) is 2.76. The first-order valence-electron chi connectivity index (χ1n) is 5.92. The number of hydrogen-bond donors (Lipinski definition) is 2. The molecule has 2 N–H and O–H groups in total. The molecule has 0 bridgehead atoms. The first-order valence-corrected chi connectivity index (χ1v) is 6.71. The van der Waals surface area contributed by atoms with Gasteiger partial charge in [0.1, 0.15) is 0 Å². The minimum atomic E-state index is -1.10. The normalized spacial score (nSPS) is 11.7. The van der Waals surface area contributed by atoms with Crippen molar-refractivity contribution < 1.29 is 14.7 Å². The van der Waals surface area contributed by atoms with E-state index in [1.165, 1.54) is 0 Å². The van der Waals surface area contributed by atoms with E-state index in [4.69, 9.17) is 0 Å². The number of carboxylic acids is 1. The van der Waals surface area contributed by atoms with Crippen LogP contribution in [0, 0.1) is 0 Å². The Bertz CT molecular complexity index is 611. The summed E-state index contributed by atoms with van der Waals surface area (Å²) in [4.78, 5) is 23.4. The van der Waals surface area contributed by atoms with Crippen LogP contribution >= 0.6 is 15.9 Å². The third kappa shape index (κ3) is 3.45. The molecule has 1 atom stereocenters. The second-order valence-corrected chi connectivity index (χ2v) is 5.08. The fourth-order valence-electron chi connectivity index (χ4n) is 1.75. The van der Waals surface area contributed by atoms with Gasteiger partial charge in [0, 0.05) is 10.0 Å². The summed E-state index contributed by atoms with van der Waals surface area (Å²) >= 11 is 3.28. The Kier molecular flexibility index (Phi) is 4.53. The molecule has 0 saturated heterocycles. The van der Waals surface area contributed by atoms with Crippen LogP contribution in [0.3, 0.4) is 0 Å². The number of carbonyl (C=O) groups excluding carboxylic acids is 1. The quantitative estimate of drug-likeness (QED) is 0.903. The van der Waals surface area contributed by atoms with E-state index < -0.39 is 17.9 Å². The molecule has 1 amide bonds. The average molecular weight is 334 g/mol. The van der Waals surface area contributed by atoms with Gasteiger partial charge in [0.05, 0.1) is 0 Å². The Morgan fingerprint density at radius 2 is 1.60 bits per heavy atom. The van der Waals surface area contributed by atoms with Gasteiger partial charge in [-0.05, 0) is 29.8 Å². The van der Waals surface area contributed by atoms with E-state index in [2.05, 4.69) is 21.2 Å². The minimum Gasteiger partial charge on any atom is -0.479 e. The van der Waals surface area contributed by atoms with Gasteiger partial charge < -0.3 is 10.4 Å². The van der Waals surface area contributed by atoms with Crippen LogP contribution in [-0.2, 0) is 4.79 Å². The minimum absolute atomic E-state index is 0.412. The van der Waals surface area contributed by atoms with Crippen molar-refractivity contribution in [3.8, 4) is 0 Å². The van der Waals surface area contributed by atoms with E-state index in [1.54, 1.807) is 54.6 Å². The molecule has 0 saturated carbocycles. The summed E-state index contributed by atoms with van der Waals surface area (Å²) in [5, 5.41) is 11.8. The molecule has 1 unspecified atom stereocenters. The van der Waals surface area contributed by atoms with E-state index in [-0.39, 0.29) is 0 Å². The lowest BCUT2D eigenvalue weighted by Gasteiger charge is -2.14. The maximum absolute atomic E-state index is 12.1. The summed E-state index contributed by atoms with van der Waals surface area (Å²) < 4.78 is 0.854. The first-order chi connectivity index (χ1) is 9.58. The van der Waals surface area contributed by atoms with Gasteiger partial charge in [0.2, 0.25) is 0 Å². The van der Waals surface area contributed by atoms with Gasteiger partial charge >= 0.3 is 5.97 Å². The highest BCUT2D eigenvalue weighted by atomic mass is 79.9. The number of nitrogens with one attached hydrogen (secondary N) is 1. The average Bonchev–Trinajstić information content (AvgIpc) is 2.46. The van der Waals surface area contributed by atoms with E-state index in [0.717, 1.165) is 4.47 Å². The first kappa shape index (κ1) is 14.3. The Morgan fingerprint density at radius 3 is 2.15 bits per heavy atom. The summed E-state index contributed by atoms with van der Waals surface area (Å²) in [6.45, 7) is 0. The standard InChI is InChI=1S/C15H12BrNO3/c16-12-8-6-11(7-9-12)14(18)17-13(15(19)20)10-4-2-1-3-5-10/h1-9,13H,(H,17,18)(H,19,20). The third-order valence-corrected chi connectivity index (χ3v) is 3.29. The van der Waals surface area contributed by atoms with Crippen LogP contribution in [-0.4, -0.2) is 17.0 Å². The molecule has 5 heteroatoms. The smallest absolute Gasteiger partial charge is 0.330 e. The second-order valence-electron chi connectivity index (χ2n) is 4.16. The monoisotopic (exact) mass is 333 g/mol. The zero-order chi connectivity index (χ0) is 14.5. The SMILES string of the molecule is O=C(NC(C(=O)O)c1ccccc1)c1ccc(Br)cc1. The molecule has 20 heavy (non-hydrogen) atoms. The second kappa shape index (κ2) is 6.34. The van der Waals surface area contributed by atoms with Gasteiger partial charge in [-0.25, -0.2) is 4.79 Å². The number of halogens is 1. The molecular formula is C15H12BrNO3. The number of benzene rings is 2. The zero-order valence-corrected chi connectivity index (χ0v) is 12.0. The van der Waals surface area contributed by atoms with Crippen molar-refractivity contribution in [3.63, 3.8) is 0 Å². The van der Waals surface area contributed by atoms with Crippen molar-refractivity contribution in [2.75, 3.05) is 0 Å². The molecule has 0 radical (unpaired) electrons. The van der Waals surface area contributed by atoms with Crippen LogP contribution in [0.25, 0.3) is 0 Å². The molecule has 102 valence electrons. The molecule has 0 fully saturated rings. The Balaban J connectivity index is 2.19. The summed E-state index contributed by atoms with van der Waals surface area (Å²) in [7, 11) is 0. The van der Waals surface area contributed by atoms with Crippen LogP contribution in [0.4, 0.5) is 0 Å². The highest BCUT2D eigenvalue weighted by molar-refractivity contribution is 9.10. The summed E-state index contributed by atoms with van der Waals surface area (Å²) in [6, 6.07) is 14.2. The lowest BCUT2D eigenvalue weighted by atomic mass is 10.1. The number of amides is 1. The van der Waals surface area contributed by atoms with Crippen LogP contribution < -0.4 is 5.32 Å². The summed E-state index contributed by atoms with van der Waals surface area (Å²) in [6.07, 6.45) is 0. The maximum Gasteiger partial charge on any atom is 0.330 e. The van der Waals surface area contributed by atoms with Crippen molar-refractivity contribution in [1.29, 1.82) is 0 Å². The Labute approximate surface area is 124 Å². The molecular weight excluding hydrogens is 322 g/mol. The van der Waals surface area contributed by atoms with Crippen molar-refractivity contribution in [1.82, 2.24) is 5.32 Å². The number of aliphatic carboxylic acids is 1. The van der Waals surface area contributed by atoms with Crippen molar-refractivity contribution in [2.24, 2.45) is 0 Å². The van der Waals surface area contributed by atoms with Gasteiger partial charge in [0.25, 0.3) is 5.91 Å². The summed E-state index contributed by atoms with van der Waals surface area (Å²) in [5.41, 5.74) is 0.945. The number of carboxylic acid groups (broad SMARTS) is 1. The lowest BCUT2D eigenvalue weighted by molar-refractivity contribution is -0.139. The Hall–Kier alpha value is -2.14. The zero-order valence-electron chi connectivity index (χ0n) is 10.4. The van der Waals surface area contributed by atoms with Gasteiger partial charge in [-0.3, -0.25) is 4.79 Å². The Morgan fingerprint density at radius 1 is 1.00 bits per heavy atom. The van der Waals surface area contributed by atoms with Crippen LogP contribution in [0.5, 0.6) is 0 Å². The highest BCUT2D eigenvalue weighted by Gasteiger charge is 2.22. The van der Waals surface area contributed by atoms with Crippen molar-refractivity contribution in [2.45, 2.75) is 6.04 Å². The fraction of sp³-hybridized carbons (Fsp3) is 0.0667. The number of rotatable bonds is 4. The number of hydrogen-bond acceptors (Lipinski definition) is 2. The molecule has 2 aromatic carbocycles. The van der Waals surface area contributed by atoms with Gasteiger partial charge in [-0.15, -0.1) is 0 Å². The van der Waals surface area contributed by atoms with Gasteiger partial charge in [-0.1, -0.05) is 46.3 Å². The van der Waals surface area contributed by atoms with Crippen LogP contribution in [0.1, 0.15) is 22.0 Å². The lowest BCUT2D eigenvalue weighted by Crippen LogP contribution is -2.33. The van der Waals surface area contributed by atoms with E-state index in [9.17, 15) is 14.7 Å². The molecule has 0 aliphatic heterocycles. The molecule has 0 aromatic heterocycles. The fourth-order valence-corrected chi connectivity index (χ4v) is 2.01. The molecule has 2 aromatic rings. The molecule has 0 spiro atoms. The van der Waals surface area contributed by atoms with E-state index in [0.29, 0.717) is 11.1 Å². The topological polar surface area (TPSA) is 66.4 Å². The van der Waals surface area contributed by atoms with Crippen molar-refractivity contribution >= 4 is 27.8 Å². The largest absolute Gasteiger partial charge is 0.479 e. The molecule has 0 heterocycles. The predicted octanol–water partition coefficient (Wildman–Crippen LogP) is 3.00. The molecule has 0 aliphatic carbocycles. The highest BCUT2D eigenvalue weighted by Crippen LogP contribution is 2.15. The van der Waals surface area contributed by atoms with Crippen LogP contribution in [0.2, 0.25) is 0 Å². The van der Waals surface area contributed by atoms with Crippen molar-refractivity contribution in [3.05, 3.63) is 70.2 Å². The number of carbonyl (C=O) groups is 2. The molecule has 0 aliphatic rings.